The first-order chi connectivity index (χ1) is 19.6. The maximum absolute atomic E-state index is 13.4. The summed E-state index contributed by atoms with van der Waals surface area (Å²) in [7, 11) is 0. The Hall–Kier alpha value is -4.71. The fourth-order valence-electron chi connectivity index (χ4n) is 4.08. The molecule has 0 atom stereocenters. The highest BCUT2D eigenvalue weighted by Gasteiger charge is 2.20. The maximum atomic E-state index is 13.4. The second-order valence-corrected chi connectivity index (χ2v) is 9.25. The first-order valence-corrected chi connectivity index (χ1v) is 13.1. The van der Waals surface area contributed by atoms with Crippen molar-refractivity contribution in [3.63, 3.8) is 0 Å². The molecule has 3 aromatic rings. The molecule has 3 heterocycles. The number of amides is 1. The maximum Gasteiger partial charge on any atom is 0.341 e. The van der Waals surface area contributed by atoms with Crippen LogP contribution in [0, 0.1) is 10.1 Å². The molecule has 0 radical (unpaired) electrons. The molecule has 1 amide bonds. The highest BCUT2D eigenvalue weighted by Crippen LogP contribution is 2.13. The Balaban J connectivity index is 2.23. The van der Waals surface area contributed by atoms with E-state index in [1.807, 2.05) is 13.8 Å². The highest BCUT2D eigenvalue weighted by molar-refractivity contribution is 5.93. The summed E-state index contributed by atoms with van der Waals surface area (Å²) in [5.41, 5.74) is 0.303. The molecule has 3 aromatic heterocycles. The predicted molar refractivity (Wildman–Crippen MR) is 153 cm³/mol. The molecule has 0 spiro atoms. The molecule has 0 aliphatic carbocycles. The monoisotopic (exact) mass is 563 g/mol. The van der Waals surface area contributed by atoms with Gasteiger partial charge in [0.25, 0.3) is 17.2 Å². The third-order valence-corrected chi connectivity index (χ3v) is 5.95. The normalized spacial score (nSPS) is 12.8. The van der Waals surface area contributed by atoms with Crippen molar-refractivity contribution in [3.05, 3.63) is 98.1 Å². The number of carbonyl (C=O) groups is 2. The van der Waals surface area contributed by atoms with Crippen molar-refractivity contribution < 1.29 is 24.0 Å². The molecule has 0 saturated heterocycles. The summed E-state index contributed by atoms with van der Waals surface area (Å²) >= 11 is 0. The van der Waals surface area contributed by atoms with E-state index in [9.17, 15) is 24.5 Å². The smallest absolute Gasteiger partial charge is 0.341 e. The van der Waals surface area contributed by atoms with E-state index in [2.05, 4.69) is 16.6 Å². The summed E-state index contributed by atoms with van der Waals surface area (Å²) in [6, 6.07) is 6.47. The van der Waals surface area contributed by atoms with Crippen LogP contribution >= 0.6 is 0 Å². The number of nitrogens with zero attached hydrogens (tertiary/aromatic N) is 5. The minimum atomic E-state index is -0.749. The molecule has 3 rings (SSSR count). The lowest BCUT2D eigenvalue weighted by atomic mass is 10.2. The Morgan fingerprint density at radius 2 is 2.05 bits per heavy atom. The van der Waals surface area contributed by atoms with Crippen molar-refractivity contribution in [1.82, 2.24) is 14.0 Å². The Kier molecular flexibility index (Phi) is 10.6. The van der Waals surface area contributed by atoms with Gasteiger partial charge in [-0.1, -0.05) is 24.8 Å². The minimum absolute atomic E-state index is 0.00117. The standard InChI is InChI=1S/C29H33N5O7/c1-6-23(34(38)39)20(5)12-10-14-25(35)31-27-22(29(37)40-7-2)18-21-26(33(27)16-11-17-41-19(3)4)30-24-13-8-9-15-32(24)28(21)36/h6,8-10,12-13,15,18-19H,1,7,11,14,16-17H2,2-5H3/b12-10+,23-20+,31-27?. The highest BCUT2D eigenvalue weighted by atomic mass is 16.6. The average Bonchev–Trinajstić information content (AvgIpc) is 2.92. The Bertz CT molecular complexity index is 1680. The number of carbonyl (C=O) groups excluding carboxylic acids is 2. The van der Waals surface area contributed by atoms with E-state index in [1.54, 1.807) is 35.9 Å². The summed E-state index contributed by atoms with van der Waals surface area (Å²) in [6.45, 7) is 11.1. The van der Waals surface area contributed by atoms with Gasteiger partial charge in [0.1, 0.15) is 16.9 Å². The Labute approximate surface area is 236 Å². The molecule has 0 N–H and O–H groups in total. The minimum Gasteiger partial charge on any atom is -0.462 e. The summed E-state index contributed by atoms with van der Waals surface area (Å²) in [5, 5.41) is 11.3. The van der Waals surface area contributed by atoms with Crippen LogP contribution in [0.1, 0.15) is 50.9 Å². The number of aromatic nitrogens is 3. The van der Waals surface area contributed by atoms with Gasteiger partial charge in [0.2, 0.25) is 0 Å². The topological polar surface area (TPSA) is 147 Å². The number of esters is 1. The van der Waals surface area contributed by atoms with E-state index in [1.165, 1.54) is 29.5 Å². The second-order valence-electron chi connectivity index (χ2n) is 9.25. The van der Waals surface area contributed by atoms with Gasteiger partial charge < -0.3 is 14.0 Å². The van der Waals surface area contributed by atoms with Crippen molar-refractivity contribution >= 4 is 28.6 Å². The van der Waals surface area contributed by atoms with E-state index >= 15 is 0 Å². The van der Waals surface area contributed by atoms with Crippen LogP contribution in [-0.2, 0) is 20.8 Å². The number of ether oxygens (including phenoxy) is 2. The fraction of sp³-hybridized carbons (Fsp3) is 0.345. The molecule has 0 aliphatic heterocycles. The van der Waals surface area contributed by atoms with E-state index in [-0.39, 0.29) is 53.5 Å². The number of rotatable bonds is 12. The molecule has 41 heavy (non-hydrogen) atoms. The van der Waals surface area contributed by atoms with Crippen LogP contribution in [0.5, 0.6) is 0 Å². The first-order valence-electron chi connectivity index (χ1n) is 13.1. The predicted octanol–water partition coefficient (Wildman–Crippen LogP) is 3.75. The quantitative estimate of drug-likeness (QED) is 0.0808. The molecular formula is C29H33N5O7. The van der Waals surface area contributed by atoms with Crippen LogP contribution in [0.4, 0.5) is 0 Å². The van der Waals surface area contributed by atoms with Crippen LogP contribution < -0.4 is 11.0 Å². The van der Waals surface area contributed by atoms with E-state index in [4.69, 9.17) is 9.47 Å². The van der Waals surface area contributed by atoms with Crippen LogP contribution in [0.15, 0.2) is 76.3 Å². The summed E-state index contributed by atoms with van der Waals surface area (Å²) in [6.07, 6.45) is 5.86. The zero-order valence-electron chi connectivity index (χ0n) is 23.5. The number of hydrogen-bond acceptors (Lipinski definition) is 8. The summed E-state index contributed by atoms with van der Waals surface area (Å²) < 4.78 is 13.8. The number of aryl methyl sites for hydroxylation is 1. The number of nitro groups is 1. The molecule has 0 aromatic carbocycles. The van der Waals surface area contributed by atoms with Crippen molar-refractivity contribution in [3.8, 4) is 0 Å². The lowest BCUT2D eigenvalue weighted by Gasteiger charge is -2.15. The van der Waals surface area contributed by atoms with Gasteiger partial charge in [0.05, 0.1) is 23.0 Å². The first kappa shape index (κ1) is 30.8. The molecule has 216 valence electrons. The van der Waals surface area contributed by atoms with Crippen LogP contribution in [0.2, 0.25) is 0 Å². The molecule has 0 fully saturated rings. The summed E-state index contributed by atoms with van der Waals surface area (Å²) in [5.74, 6) is -1.37. The van der Waals surface area contributed by atoms with Crippen molar-refractivity contribution in [2.45, 2.75) is 53.2 Å². The van der Waals surface area contributed by atoms with Gasteiger partial charge in [-0.15, -0.1) is 0 Å². The molecule has 0 aliphatic rings. The Morgan fingerprint density at radius 1 is 1.29 bits per heavy atom. The van der Waals surface area contributed by atoms with Gasteiger partial charge in [-0.25, -0.2) is 9.78 Å². The average molecular weight is 564 g/mol. The van der Waals surface area contributed by atoms with Gasteiger partial charge in [0.15, 0.2) is 5.49 Å². The summed E-state index contributed by atoms with van der Waals surface area (Å²) in [4.78, 5) is 59.0. The lowest BCUT2D eigenvalue weighted by molar-refractivity contribution is -0.419. The number of fused-ring (bicyclic) bond motifs is 2. The van der Waals surface area contributed by atoms with Crippen LogP contribution in [0.3, 0.4) is 0 Å². The third-order valence-electron chi connectivity index (χ3n) is 5.95. The van der Waals surface area contributed by atoms with Crippen molar-refractivity contribution in [1.29, 1.82) is 0 Å². The molecule has 0 bridgehead atoms. The van der Waals surface area contributed by atoms with Crippen molar-refractivity contribution in [2.75, 3.05) is 13.2 Å². The van der Waals surface area contributed by atoms with Gasteiger partial charge >= 0.3 is 5.97 Å². The van der Waals surface area contributed by atoms with E-state index in [0.29, 0.717) is 24.2 Å². The van der Waals surface area contributed by atoms with E-state index in [0.717, 1.165) is 6.08 Å². The lowest BCUT2D eigenvalue weighted by Crippen LogP contribution is -2.33. The fourth-order valence-corrected chi connectivity index (χ4v) is 4.08. The number of hydrogen-bond donors (Lipinski definition) is 0. The SMILES string of the molecule is C=C/C(=C(C)\C=C\CC(=O)N=c1c(C(=O)OCC)cc2c(=O)n3ccccc3nc2n1CCCOC(C)C)[N+](=O)[O-]. The van der Waals surface area contributed by atoms with Gasteiger partial charge in [-0.05, 0) is 52.3 Å². The van der Waals surface area contributed by atoms with Gasteiger partial charge in [-0.2, -0.15) is 4.99 Å². The molecule has 0 unspecified atom stereocenters. The zero-order valence-corrected chi connectivity index (χ0v) is 23.5. The molecule has 0 saturated carbocycles. The van der Waals surface area contributed by atoms with E-state index < -0.39 is 22.4 Å². The van der Waals surface area contributed by atoms with Crippen LogP contribution in [0.25, 0.3) is 16.7 Å². The second kappa shape index (κ2) is 14.1. The molecule has 12 heteroatoms. The third kappa shape index (κ3) is 7.48. The molecular weight excluding hydrogens is 530 g/mol. The van der Waals surface area contributed by atoms with Gasteiger partial charge in [0, 0.05) is 37.4 Å². The number of pyridine rings is 2. The van der Waals surface area contributed by atoms with Gasteiger partial charge in [-0.3, -0.25) is 24.1 Å². The Morgan fingerprint density at radius 3 is 2.71 bits per heavy atom. The zero-order chi connectivity index (χ0) is 30.1. The van der Waals surface area contributed by atoms with Crippen LogP contribution in [-0.4, -0.2) is 50.1 Å². The number of allylic oxidation sites excluding steroid dienone is 3. The molecule has 12 nitrogen and oxygen atoms in total. The van der Waals surface area contributed by atoms with Crippen molar-refractivity contribution in [2.24, 2.45) is 4.99 Å². The largest absolute Gasteiger partial charge is 0.462 e.